The van der Waals surface area contributed by atoms with Crippen molar-refractivity contribution in [3.8, 4) is 5.75 Å². The minimum absolute atomic E-state index is 0.0473. The normalized spacial score (nSPS) is 11.1. The molecule has 1 amide bonds. The number of anilines is 2. The topological polar surface area (TPSA) is 110 Å². The van der Waals surface area contributed by atoms with Gasteiger partial charge < -0.3 is 10.1 Å². The second kappa shape index (κ2) is 9.13. The van der Waals surface area contributed by atoms with E-state index in [9.17, 15) is 13.2 Å². The number of ether oxygens (including phenoxy) is 1. The van der Waals surface area contributed by atoms with E-state index < -0.39 is 10.0 Å². The van der Waals surface area contributed by atoms with E-state index in [-0.39, 0.29) is 23.2 Å². The number of hydrogen-bond donors (Lipinski definition) is 2. The third-order valence-electron chi connectivity index (χ3n) is 4.57. The number of carbonyl (C=O) groups is 1. The minimum atomic E-state index is -3.82. The van der Waals surface area contributed by atoms with Crippen LogP contribution >= 0.6 is 0 Å². The lowest BCUT2D eigenvalue weighted by atomic mass is 10.1. The van der Waals surface area contributed by atoms with E-state index >= 15 is 0 Å². The average Bonchev–Trinajstić information content (AvgIpc) is 2.68. The molecule has 2 N–H and O–H groups in total. The highest BCUT2D eigenvalue weighted by Gasteiger charge is 2.16. The van der Waals surface area contributed by atoms with Gasteiger partial charge in [-0.05, 0) is 69.2 Å². The molecule has 8 nitrogen and oxygen atoms in total. The van der Waals surface area contributed by atoms with Gasteiger partial charge in [0.1, 0.15) is 17.4 Å². The van der Waals surface area contributed by atoms with Gasteiger partial charge in [-0.2, -0.15) is 0 Å². The van der Waals surface area contributed by atoms with Gasteiger partial charge >= 0.3 is 0 Å². The Morgan fingerprint density at radius 2 is 1.71 bits per heavy atom. The molecule has 0 aliphatic heterocycles. The van der Waals surface area contributed by atoms with Gasteiger partial charge in [0.15, 0.2) is 6.61 Å². The Kier molecular flexibility index (Phi) is 6.55. The molecule has 31 heavy (non-hydrogen) atoms. The van der Waals surface area contributed by atoms with Gasteiger partial charge in [-0.1, -0.05) is 12.1 Å². The van der Waals surface area contributed by atoms with E-state index in [0.717, 1.165) is 11.1 Å². The third-order valence-corrected chi connectivity index (χ3v) is 5.94. The van der Waals surface area contributed by atoms with Crippen LogP contribution in [0.4, 0.5) is 11.5 Å². The quantitative estimate of drug-likeness (QED) is 0.582. The highest BCUT2D eigenvalue weighted by molar-refractivity contribution is 7.92. The number of benzene rings is 2. The Labute approximate surface area is 181 Å². The molecule has 3 rings (SSSR count). The number of aromatic nitrogens is 2. The number of nitrogens with one attached hydrogen (secondary N) is 2. The maximum Gasteiger partial charge on any atom is 0.263 e. The summed E-state index contributed by atoms with van der Waals surface area (Å²) in [5, 5.41) is 2.69. The Bertz CT molecular complexity index is 1190. The fourth-order valence-electron chi connectivity index (χ4n) is 2.90. The Morgan fingerprint density at radius 3 is 2.39 bits per heavy atom. The molecular formula is C22H24N4O4S. The van der Waals surface area contributed by atoms with Crippen LogP contribution in [0.3, 0.4) is 0 Å². The number of sulfonamides is 1. The van der Waals surface area contributed by atoms with Gasteiger partial charge in [0.25, 0.3) is 15.9 Å². The van der Waals surface area contributed by atoms with E-state index in [1.807, 2.05) is 32.0 Å². The predicted octanol–water partition coefficient (Wildman–Crippen LogP) is 3.53. The first-order valence-corrected chi connectivity index (χ1v) is 11.1. The van der Waals surface area contributed by atoms with Crippen molar-refractivity contribution in [3.63, 3.8) is 0 Å². The Balaban J connectivity index is 1.62. The van der Waals surface area contributed by atoms with Gasteiger partial charge in [0, 0.05) is 17.4 Å². The van der Waals surface area contributed by atoms with Crippen molar-refractivity contribution in [2.24, 2.45) is 0 Å². The van der Waals surface area contributed by atoms with Crippen LogP contribution in [-0.2, 0) is 14.8 Å². The summed E-state index contributed by atoms with van der Waals surface area (Å²) in [7, 11) is -3.82. The zero-order chi connectivity index (χ0) is 22.6. The predicted molar refractivity (Wildman–Crippen MR) is 119 cm³/mol. The van der Waals surface area contributed by atoms with Crippen molar-refractivity contribution in [1.29, 1.82) is 0 Å². The molecule has 1 aromatic heterocycles. The molecule has 0 spiro atoms. The van der Waals surface area contributed by atoms with E-state index in [1.54, 1.807) is 19.9 Å². The summed E-state index contributed by atoms with van der Waals surface area (Å²) in [5.41, 5.74) is 3.18. The van der Waals surface area contributed by atoms with Crippen LogP contribution in [0.2, 0.25) is 0 Å². The van der Waals surface area contributed by atoms with Crippen molar-refractivity contribution < 1.29 is 17.9 Å². The van der Waals surface area contributed by atoms with Crippen molar-refractivity contribution in [2.45, 2.75) is 32.6 Å². The molecule has 0 saturated heterocycles. The molecule has 3 aromatic rings. The minimum Gasteiger partial charge on any atom is -0.483 e. The van der Waals surface area contributed by atoms with Crippen molar-refractivity contribution in [1.82, 2.24) is 9.97 Å². The second-order valence-electron chi connectivity index (χ2n) is 7.11. The smallest absolute Gasteiger partial charge is 0.263 e. The summed E-state index contributed by atoms with van der Waals surface area (Å²) in [6.07, 6.45) is 0. The molecule has 2 aromatic carbocycles. The summed E-state index contributed by atoms with van der Waals surface area (Å²) >= 11 is 0. The first-order chi connectivity index (χ1) is 14.6. The van der Waals surface area contributed by atoms with Crippen LogP contribution in [0.5, 0.6) is 5.75 Å². The largest absolute Gasteiger partial charge is 0.483 e. The summed E-state index contributed by atoms with van der Waals surface area (Å²) in [4.78, 5) is 20.4. The van der Waals surface area contributed by atoms with Gasteiger partial charge in [-0.15, -0.1) is 0 Å². The monoisotopic (exact) mass is 440 g/mol. The molecule has 0 bridgehead atoms. The number of rotatable bonds is 7. The lowest BCUT2D eigenvalue weighted by molar-refractivity contribution is -0.118. The third kappa shape index (κ3) is 5.79. The van der Waals surface area contributed by atoms with Gasteiger partial charge in [0.2, 0.25) is 0 Å². The molecule has 0 radical (unpaired) electrons. The molecule has 0 aliphatic carbocycles. The molecule has 0 unspecified atom stereocenters. The SMILES string of the molecule is Cc1cc(NS(=O)(=O)c2ccc(NC(=O)COc3cccc(C)c3C)cc2)nc(C)n1. The fraction of sp³-hybridized carbons (Fsp3) is 0.227. The number of amides is 1. The van der Waals surface area contributed by atoms with Crippen LogP contribution in [0.25, 0.3) is 0 Å². The van der Waals surface area contributed by atoms with Crippen molar-refractivity contribution in [3.05, 3.63) is 71.2 Å². The zero-order valence-electron chi connectivity index (χ0n) is 17.8. The maximum absolute atomic E-state index is 12.6. The molecule has 0 fully saturated rings. The van der Waals surface area contributed by atoms with E-state index in [4.69, 9.17) is 4.74 Å². The number of carbonyl (C=O) groups excluding carboxylic acids is 1. The van der Waals surface area contributed by atoms with E-state index in [0.29, 0.717) is 23.0 Å². The lowest BCUT2D eigenvalue weighted by Crippen LogP contribution is -2.20. The molecule has 162 valence electrons. The van der Waals surface area contributed by atoms with Gasteiger partial charge in [-0.25, -0.2) is 18.4 Å². The summed E-state index contributed by atoms with van der Waals surface area (Å²) < 4.78 is 33.2. The van der Waals surface area contributed by atoms with Crippen LogP contribution in [0.15, 0.2) is 53.4 Å². The molecule has 9 heteroatoms. The molecule has 1 heterocycles. The van der Waals surface area contributed by atoms with Crippen LogP contribution in [0, 0.1) is 27.7 Å². The molecular weight excluding hydrogens is 416 g/mol. The first-order valence-electron chi connectivity index (χ1n) is 9.58. The van der Waals surface area contributed by atoms with E-state index in [2.05, 4.69) is 20.0 Å². The van der Waals surface area contributed by atoms with Crippen molar-refractivity contribution in [2.75, 3.05) is 16.6 Å². The zero-order valence-corrected chi connectivity index (χ0v) is 18.6. The summed E-state index contributed by atoms with van der Waals surface area (Å²) in [6, 6.07) is 13.0. The number of aryl methyl sites for hydroxylation is 3. The second-order valence-corrected chi connectivity index (χ2v) is 8.79. The Morgan fingerprint density at radius 1 is 1.00 bits per heavy atom. The molecule has 0 aliphatic rings. The van der Waals surface area contributed by atoms with Gasteiger partial charge in [0.05, 0.1) is 4.90 Å². The van der Waals surface area contributed by atoms with E-state index in [1.165, 1.54) is 24.3 Å². The fourth-order valence-corrected chi connectivity index (χ4v) is 3.90. The Hall–Kier alpha value is -3.46. The van der Waals surface area contributed by atoms with Gasteiger partial charge in [-0.3, -0.25) is 9.52 Å². The molecule has 0 atom stereocenters. The average molecular weight is 441 g/mol. The lowest BCUT2D eigenvalue weighted by Gasteiger charge is -2.12. The highest BCUT2D eigenvalue weighted by atomic mass is 32.2. The number of hydrogen-bond acceptors (Lipinski definition) is 6. The molecule has 0 saturated carbocycles. The number of nitrogens with zero attached hydrogens (tertiary/aromatic N) is 2. The highest BCUT2D eigenvalue weighted by Crippen LogP contribution is 2.21. The summed E-state index contributed by atoms with van der Waals surface area (Å²) in [6.45, 7) is 7.19. The van der Waals surface area contributed by atoms with Crippen LogP contribution in [0.1, 0.15) is 22.6 Å². The summed E-state index contributed by atoms with van der Waals surface area (Å²) in [5.74, 6) is 0.976. The van der Waals surface area contributed by atoms with Crippen LogP contribution < -0.4 is 14.8 Å². The first kappa shape index (κ1) is 22.2. The maximum atomic E-state index is 12.6. The van der Waals surface area contributed by atoms with Crippen molar-refractivity contribution >= 4 is 27.4 Å². The van der Waals surface area contributed by atoms with Crippen LogP contribution in [-0.4, -0.2) is 30.9 Å². The standard InChI is InChI=1S/C22H24N4O4S/c1-14-6-5-7-20(16(14)3)30-13-22(27)25-18-8-10-19(11-9-18)31(28,29)26-21-12-15(2)23-17(4)24-21/h5-12H,13H2,1-4H3,(H,25,27)(H,23,24,26).